The highest BCUT2D eigenvalue weighted by atomic mass is 32.1. The zero-order chi connectivity index (χ0) is 22.8. The zero-order valence-electron chi connectivity index (χ0n) is 18.1. The average Bonchev–Trinajstić information content (AvgIpc) is 3.31. The second-order valence-corrected chi connectivity index (χ2v) is 8.93. The maximum Gasteiger partial charge on any atom is 0.277 e. The van der Waals surface area contributed by atoms with Crippen molar-refractivity contribution in [1.82, 2.24) is 25.3 Å². The third-order valence-corrected chi connectivity index (χ3v) is 6.56. The van der Waals surface area contributed by atoms with Crippen LogP contribution in [0.25, 0.3) is 22.4 Å². The number of nitrogens with one attached hydrogen (secondary N) is 1. The summed E-state index contributed by atoms with van der Waals surface area (Å²) in [7, 11) is 0. The largest absolute Gasteiger partial charge is 0.343 e. The normalized spacial score (nSPS) is 13.8. The van der Waals surface area contributed by atoms with E-state index in [0.717, 1.165) is 21.3 Å². The lowest BCUT2D eigenvalue weighted by atomic mass is 9.95. The molecule has 0 atom stereocenters. The number of H-pyrrole nitrogens is 1. The third kappa shape index (κ3) is 4.14. The number of amides is 1. The first-order valence-corrected chi connectivity index (χ1v) is 11.5. The molecule has 2 aromatic carbocycles. The predicted molar refractivity (Wildman–Crippen MR) is 128 cm³/mol. The minimum Gasteiger partial charge on any atom is -0.343 e. The lowest BCUT2D eigenvalue weighted by Gasteiger charge is -2.34. The van der Waals surface area contributed by atoms with Gasteiger partial charge in [0.25, 0.3) is 11.5 Å². The molecule has 0 aliphatic carbocycles. The van der Waals surface area contributed by atoms with Crippen LogP contribution in [0.1, 0.15) is 15.4 Å². The number of rotatable bonds is 4. The van der Waals surface area contributed by atoms with Gasteiger partial charge in [0.2, 0.25) is 5.13 Å². The van der Waals surface area contributed by atoms with Crippen molar-refractivity contribution in [1.29, 1.82) is 0 Å². The van der Waals surface area contributed by atoms with Gasteiger partial charge in [0.15, 0.2) is 0 Å². The van der Waals surface area contributed by atoms with Crippen LogP contribution in [0.5, 0.6) is 0 Å². The number of benzene rings is 2. The Balaban J connectivity index is 1.52. The molecule has 8 nitrogen and oxygen atoms in total. The molecule has 1 aliphatic heterocycles. The maximum atomic E-state index is 13.7. The van der Waals surface area contributed by atoms with Crippen LogP contribution in [-0.2, 0) is 0 Å². The molecule has 1 aliphatic rings. The third-order valence-electron chi connectivity index (χ3n) is 5.66. The van der Waals surface area contributed by atoms with Gasteiger partial charge in [0.1, 0.15) is 10.6 Å². The first-order chi connectivity index (χ1) is 16.1. The SMILES string of the molecule is Cc1nnc(N2CCN(C(=O)c3c(-c4ccccc4)c(-c4ccccc4)n[nH]c3=O)CC2)s1. The van der Waals surface area contributed by atoms with Crippen molar-refractivity contribution < 1.29 is 4.79 Å². The van der Waals surface area contributed by atoms with Gasteiger partial charge in [-0.2, -0.15) is 5.10 Å². The van der Waals surface area contributed by atoms with E-state index in [9.17, 15) is 9.59 Å². The second-order valence-electron chi connectivity index (χ2n) is 7.77. The molecule has 2 aromatic heterocycles. The molecule has 1 N–H and O–H groups in total. The van der Waals surface area contributed by atoms with Crippen LogP contribution in [-0.4, -0.2) is 57.4 Å². The van der Waals surface area contributed by atoms with E-state index in [2.05, 4.69) is 25.3 Å². The highest BCUT2D eigenvalue weighted by Gasteiger charge is 2.29. The second kappa shape index (κ2) is 8.95. The van der Waals surface area contributed by atoms with Gasteiger partial charge in [-0.1, -0.05) is 72.0 Å². The van der Waals surface area contributed by atoms with Crippen LogP contribution in [0.4, 0.5) is 5.13 Å². The molecule has 4 aromatic rings. The number of nitrogens with zero attached hydrogens (tertiary/aromatic N) is 5. The number of carbonyl (C=O) groups is 1. The Bertz CT molecular complexity index is 1330. The molecule has 0 saturated carbocycles. The number of piperazine rings is 1. The summed E-state index contributed by atoms with van der Waals surface area (Å²) < 4.78 is 0. The number of aryl methyl sites for hydroxylation is 1. The van der Waals surface area contributed by atoms with Crippen molar-refractivity contribution in [2.24, 2.45) is 0 Å². The number of aromatic nitrogens is 4. The molecule has 0 bridgehead atoms. The maximum absolute atomic E-state index is 13.7. The van der Waals surface area contributed by atoms with E-state index in [1.807, 2.05) is 67.6 Å². The Morgan fingerprint density at radius 1 is 0.909 bits per heavy atom. The highest BCUT2D eigenvalue weighted by molar-refractivity contribution is 7.15. The van der Waals surface area contributed by atoms with E-state index in [-0.39, 0.29) is 11.5 Å². The topological polar surface area (TPSA) is 95.1 Å². The van der Waals surface area contributed by atoms with Crippen molar-refractivity contribution in [3.05, 3.63) is 81.6 Å². The molecular formula is C24H22N6O2S. The van der Waals surface area contributed by atoms with Crippen molar-refractivity contribution in [2.45, 2.75) is 6.92 Å². The number of aromatic amines is 1. The Hall–Kier alpha value is -3.85. The number of hydrogen-bond acceptors (Lipinski definition) is 7. The van der Waals surface area contributed by atoms with Gasteiger partial charge in [-0.3, -0.25) is 9.59 Å². The summed E-state index contributed by atoms with van der Waals surface area (Å²) in [6, 6.07) is 19.1. The Kier molecular flexibility index (Phi) is 5.70. The summed E-state index contributed by atoms with van der Waals surface area (Å²) in [4.78, 5) is 30.5. The van der Waals surface area contributed by atoms with Crippen LogP contribution in [0.15, 0.2) is 65.5 Å². The van der Waals surface area contributed by atoms with Gasteiger partial charge in [0, 0.05) is 37.3 Å². The van der Waals surface area contributed by atoms with Crippen LogP contribution in [0, 0.1) is 6.92 Å². The van der Waals surface area contributed by atoms with Crippen LogP contribution in [0.3, 0.4) is 0 Å². The minimum absolute atomic E-state index is 0.121. The molecule has 1 fully saturated rings. The van der Waals surface area contributed by atoms with E-state index in [0.29, 0.717) is 37.4 Å². The number of carbonyl (C=O) groups excluding carboxylic acids is 1. The van der Waals surface area contributed by atoms with Crippen molar-refractivity contribution in [3.8, 4) is 22.4 Å². The summed E-state index contributed by atoms with van der Waals surface area (Å²) in [6.07, 6.45) is 0. The van der Waals surface area contributed by atoms with E-state index >= 15 is 0 Å². The lowest BCUT2D eigenvalue weighted by Crippen LogP contribution is -2.49. The molecule has 0 radical (unpaired) electrons. The number of anilines is 1. The van der Waals surface area contributed by atoms with E-state index in [1.54, 1.807) is 4.90 Å². The summed E-state index contributed by atoms with van der Waals surface area (Å²) in [5, 5.41) is 17.0. The molecule has 5 rings (SSSR count). The molecule has 0 unspecified atom stereocenters. The standard InChI is InChI=1S/C24H22N6O2S/c1-16-25-28-24(33-16)30-14-12-29(13-15-30)23(32)20-19(17-8-4-2-5-9-17)21(26-27-22(20)31)18-10-6-3-7-11-18/h2-11H,12-15H2,1H3,(H,27,31). The Morgan fingerprint density at radius 3 is 2.15 bits per heavy atom. The fourth-order valence-electron chi connectivity index (χ4n) is 4.02. The quantitative estimate of drug-likeness (QED) is 0.505. The van der Waals surface area contributed by atoms with Crippen molar-refractivity contribution in [2.75, 3.05) is 31.1 Å². The van der Waals surface area contributed by atoms with E-state index < -0.39 is 5.56 Å². The van der Waals surface area contributed by atoms with Crippen LogP contribution >= 0.6 is 11.3 Å². The first kappa shape index (κ1) is 21.0. The fraction of sp³-hybridized carbons (Fsp3) is 0.208. The zero-order valence-corrected chi connectivity index (χ0v) is 18.9. The van der Waals surface area contributed by atoms with Crippen LogP contribution < -0.4 is 10.5 Å². The van der Waals surface area contributed by atoms with Gasteiger partial charge >= 0.3 is 0 Å². The molecular weight excluding hydrogens is 436 g/mol. The minimum atomic E-state index is -0.485. The van der Waals surface area contributed by atoms with Gasteiger partial charge in [-0.15, -0.1) is 10.2 Å². The van der Waals surface area contributed by atoms with E-state index in [1.165, 1.54) is 11.3 Å². The van der Waals surface area contributed by atoms with Crippen molar-refractivity contribution in [3.63, 3.8) is 0 Å². The molecule has 1 amide bonds. The fourth-order valence-corrected chi connectivity index (χ4v) is 4.76. The summed E-state index contributed by atoms with van der Waals surface area (Å²) in [6.45, 7) is 4.18. The first-order valence-electron chi connectivity index (χ1n) is 10.7. The van der Waals surface area contributed by atoms with E-state index in [4.69, 9.17) is 0 Å². The monoisotopic (exact) mass is 458 g/mol. The van der Waals surface area contributed by atoms with Crippen LogP contribution in [0.2, 0.25) is 0 Å². The number of hydrogen-bond donors (Lipinski definition) is 1. The Labute approximate surface area is 194 Å². The van der Waals surface area contributed by atoms with Gasteiger partial charge in [-0.25, -0.2) is 5.10 Å². The molecule has 33 heavy (non-hydrogen) atoms. The smallest absolute Gasteiger partial charge is 0.277 e. The Morgan fingerprint density at radius 2 is 1.55 bits per heavy atom. The van der Waals surface area contributed by atoms with Gasteiger partial charge < -0.3 is 9.80 Å². The van der Waals surface area contributed by atoms with Gasteiger partial charge in [-0.05, 0) is 12.5 Å². The molecule has 9 heteroatoms. The summed E-state index contributed by atoms with van der Waals surface area (Å²) >= 11 is 1.54. The summed E-state index contributed by atoms with van der Waals surface area (Å²) in [5.74, 6) is -0.289. The average molecular weight is 459 g/mol. The van der Waals surface area contributed by atoms with Crippen molar-refractivity contribution >= 4 is 22.4 Å². The predicted octanol–water partition coefficient (Wildman–Crippen LogP) is 3.23. The molecule has 3 heterocycles. The molecule has 166 valence electrons. The lowest BCUT2D eigenvalue weighted by molar-refractivity contribution is 0.0745. The molecule has 0 spiro atoms. The summed E-state index contributed by atoms with van der Waals surface area (Å²) in [5.41, 5.74) is 2.38. The van der Waals surface area contributed by atoms with Gasteiger partial charge in [0.05, 0.1) is 5.69 Å². The molecule has 1 saturated heterocycles. The highest BCUT2D eigenvalue weighted by Crippen LogP contribution is 2.32.